The molecule has 4 aromatic carbocycles. The molecule has 6 N–H and O–H groups in total. The smallest absolute Gasteiger partial charge is 0.305 e. The van der Waals surface area contributed by atoms with Gasteiger partial charge in [-0.25, -0.2) is 4.39 Å². The van der Waals surface area contributed by atoms with Gasteiger partial charge in [0.1, 0.15) is 40.3 Å². The predicted octanol–water partition coefficient (Wildman–Crippen LogP) is 6.04. The van der Waals surface area contributed by atoms with Crippen molar-refractivity contribution in [2.45, 2.75) is 0 Å². The van der Waals surface area contributed by atoms with E-state index in [0.717, 1.165) is 12.1 Å². The van der Waals surface area contributed by atoms with Gasteiger partial charge in [0.05, 0.1) is 47.0 Å². The van der Waals surface area contributed by atoms with Crippen LogP contribution in [0.15, 0.2) is 85.2 Å². The molecular weight excluding hydrogens is 658 g/mol. The Bertz CT molecular complexity index is 2300. The van der Waals surface area contributed by atoms with Crippen molar-refractivity contribution in [3.63, 3.8) is 0 Å². The minimum atomic E-state index is -1.02. The number of nitro benzene ring substituents is 1. The number of carbonyl (C=O) groups excluding carboxylic acids is 2. The van der Waals surface area contributed by atoms with Crippen molar-refractivity contribution < 1.29 is 42.2 Å². The van der Waals surface area contributed by atoms with Crippen LogP contribution in [0.3, 0.4) is 0 Å². The monoisotopic (exact) mass is 684 g/mol. The Morgan fingerprint density at radius 3 is 1.54 bits per heavy atom. The summed E-state index contributed by atoms with van der Waals surface area (Å²) in [7, 11) is 2.83. The van der Waals surface area contributed by atoms with Crippen molar-refractivity contribution >= 4 is 45.0 Å². The minimum absolute atomic E-state index is 0.0303. The first-order valence-corrected chi connectivity index (χ1v) is 14.3. The summed E-state index contributed by atoms with van der Waals surface area (Å²) in [6, 6.07) is 16.5. The van der Waals surface area contributed by atoms with E-state index < -0.39 is 34.1 Å². The maximum atomic E-state index is 13.8. The summed E-state index contributed by atoms with van der Waals surface area (Å²) < 4.78 is 49.0. The van der Waals surface area contributed by atoms with Crippen LogP contribution in [0.25, 0.3) is 21.8 Å². The summed E-state index contributed by atoms with van der Waals surface area (Å²) in [6.45, 7) is 0. The number of hydrogen-bond acceptors (Lipinski definition) is 11. The summed E-state index contributed by atoms with van der Waals surface area (Å²) in [5, 5.41) is 11.7. The van der Waals surface area contributed by atoms with E-state index in [1.54, 1.807) is 18.2 Å². The Morgan fingerprint density at radius 2 is 1.14 bits per heavy atom. The molecule has 0 spiro atoms. The molecule has 254 valence electrons. The number of nitrogen functional groups attached to an aromatic ring is 1. The highest BCUT2D eigenvalue weighted by Crippen LogP contribution is 2.35. The molecule has 50 heavy (non-hydrogen) atoms. The van der Waals surface area contributed by atoms with E-state index in [4.69, 9.17) is 36.1 Å². The first-order valence-electron chi connectivity index (χ1n) is 14.3. The van der Waals surface area contributed by atoms with E-state index in [1.165, 1.54) is 69.1 Å². The summed E-state index contributed by atoms with van der Waals surface area (Å²) in [5.74, 6) is -1.36. The van der Waals surface area contributed by atoms with Crippen molar-refractivity contribution in [3.05, 3.63) is 118 Å². The number of hydrogen-bond donors (Lipinski definition) is 3. The third-order valence-corrected chi connectivity index (χ3v) is 7.12. The van der Waals surface area contributed by atoms with Crippen molar-refractivity contribution in [1.82, 2.24) is 9.97 Å². The molecule has 0 aliphatic heterocycles. The van der Waals surface area contributed by atoms with Gasteiger partial charge >= 0.3 is 5.69 Å². The number of nitro groups is 1. The lowest BCUT2D eigenvalue weighted by Crippen LogP contribution is -2.12. The van der Waals surface area contributed by atoms with Crippen LogP contribution in [-0.4, -0.2) is 40.9 Å². The van der Waals surface area contributed by atoms with Gasteiger partial charge in [-0.05, 0) is 42.5 Å². The van der Waals surface area contributed by atoms with E-state index in [2.05, 4.69) is 9.97 Å². The van der Waals surface area contributed by atoms with Crippen LogP contribution in [0.1, 0.15) is 20.7 Å². The maximum absolute atomic E-state index is 13.8. The first kappa shape index (κ1) is 34.2. The maximum Gasteiger partial charge on any atom is 0.305 e. The zero-order valence-electron chi connectivity index (χ0n) is 26.2. The Hall–Kier alpha value is -7.10. The molecule has 0 fully saturated rings. The van der Waals surface area contributed by atoms with Crippen molar-refractivity contribution in [2.24, 2.45) is 11.5 Å². The summed E-state index contributed by atoms with van der Waals surface area (Å²) in [5.41, 5.74) is 16.9. The second-order valence-electron chi connectivity index (χ2n) is 10.2. The summed E-state index contributed by atoms with van der Waals surface area (Å²) in [6.07, 6.45) is 3.00. The zero-order chi connectivity index (χ0) is 36.1. The third-order valence-electron chi connectivity index (χ3n) is 7.12. The molecule has 6 aromatic rings. The van der Waals surface area contributed by atoms with Gasteiger partial charge in [-0.15, -0.1) is 0 Å². The fourth-order valence-corrected chi connectivity index (χ4v) is 4.72. The van der Waals surface area contributed by atoms with Crippen molar-refractivity contribution in [3.8, 4) is 34.5 Å². The standard InChI is InChI=1S/C17H12FN3O5.C17H14FN3O3/c1-25-16-8-13-10(7-11(16)17(19)22)15(4-5-20-13)26-9-2-3-14(21(23)24)12(18)6-9;1-23-16-8-14-10(7-11(16)17(20)22)15(4-5-21-14)24-9-2-3-13(19)12(18)6-9/h2-8H,1H3,(H2,19,22);2-8H,19H2,1H3,(H2,20,22). The highest BCUT2D eigenvalue weighted by Gasteiger charge is 2.18. The van der Waals surface area contributed by atoms with Gasteiger partial charge in [-0.2, -0.15) is 4.39 Å². The molecule has 2 amide bonds. The third kappa shape index (κ3) is 7.23. The topological polar surface area (TPSA) is 218 Å². The fourth-order valence-electron chi connectivity index (χ4n) is 4.72. The molecule has 0 saturated heterocycles. The van der Waals surface area contributed by atoms with Crippen LogP contribution in [0.5, 0.6) is 34.5 Å². The van der Waals surface area contributed by atoms with Gasteiger partial charge in [0.2, 0.25) is 5.82 Å². The molecule has 6 rings (SSSR count). The quantitative estimate of drug-likeness (QED) is 0.0906. The van der Waals surface area contributed by atoms with Crippen LogP contribution in [-0.2, 0) is 0 Å². The van der Waals surface area contributed by atoms with E-state index in [9.17, 15) is 28.5 Å². The fraction of sp³-hybridized carbons (Fsp3) is 0.0588. The number of nitrogens with zero attached hydrogens (tertiary/aromatic N) is 3. The van der Waals surface area contributed by atoms with Crippen molar-refractivity contribution in [2.75, 3.05) is 20.0 Å². The second kappa shape index (κ2) is 14.3. The number of aromatic nitrogens is 2. The average molecular weight is 685 g/mol. The molecule has 16 heteroatoms. The number of rotatable bonds is 9. The lowest BCUT2D eigenvalue weighted by Gasteiger charge is -2.12. The second-order valence-corrected chi connectivity index (χ2v) is 10.2. The Morgan fingerprint density at radius 1 is 0.680 bits per heavy atom. The number of anilines is 1. The predicted molar refractivity (Wildman–Crippen MR) is 178 cm³/mol. The number of fused-ring (bicyclic) bond motifs is 2. The van der Waals surface area contributed by atoms with E-state index in [0.29, 0.717) is 33.3 Å². The van der Waals surface area contributed by atoms with Gasteiger partial charge in [-0.3, -0.25) is 29.7 Å². The Labute approximate surface area is 281 Å². The summed E-state index contributed by atoms with van der Waals surface area (Å²) >= 11 is 0. The zero-order valence-corrected chi connectivity index (χ0v) is 26.2. The molecule has 0 aliphatic carbocycles. The lowest BCUT2D eigenvalue weighted by molar-refractivity contribution is -0.387. The molecule has 2 aromatic heterocycles. The minimum Gasteiger partial charge on any atom is -0.496 e. The highest BCUT2D eigenvalue weighted by atomic mass is 19.1. The molecule has 0 saturated carbocycles. The number of pyridine rings is 2. The molecule has 2 heterocycles. The first-order chi connectivity index (χ1) is 23.9. The molecule has 0 aliphatic rings. The molecule has 14 nitrogen and oxygen atoms in total. The van der Waals surface area contributed by atoms with Gasteiger partial charge in [0.25, 0.3) is 11.8 Å². The SMILES string of the molecule is COc1cc2nccc(Oc3ccc(N)c(F)c3)c2cc1C(N)=O.COc1cc2nccc(Oc3ccc([N+](=O)[O-])c(F)c3)c2cc1C(N)=O. The number of amides is 2. The normalized spacial score (nSPS) is 10.6. The number of primary amides is 2. The number of ether oxygens (including phenoxy) is 4. The van der Waals surface area contributed by atoms with E-state index in [1.807, 2.05) is 0 Å². The summed E-state index contributed by atoms with van der Waals surface area (Å²) in [4.78, 5) is 41.5. The van der Waals surface area contributed by atoms with Gasteiger partial charge < -0.3 is 36.1 Å². The van der Waals surface area contributed by atoms with Crippen LogP contribution in [0.2, 0.25) is 0 Å². The van der Waals surface area contributed by atoms with E-state index >= 15 is 0 Å². The van der Waals surface area contributed by atoms with Crippen LogP contribution in [0.4, 0.5) is 20.2 Å². The Balaban J connectivity index is 0.000000195. The number of halogens is 2. The van der Waals surface area contributed by atoms with Crippen LogP contribution >= 0.6 is 0 Å². The van der Waals surface area contributed by atoms with Crippen molar-refractivity contribution in [1.29, 1.82) is 0 Å². The van der Waals surface area contributed by atoms with Gasteiger partial charge in [0, 0.05) is 53.5 Å². The molecular formula is C34H26F2N6O8. The van der Waals surface area contributed by atoms with Gasteiger partial charge in [-0.1, -0.05) is 0 Å². The number of carbonyl (C=O) groups is 2. The van der Waals surface area contributed by atoms with Gasteiger partial charge in [0.15, 0.2) is 0 Å². The lowest BCUT2D eigenvalue weighted by atomic mass is 10.1. The average Bonchev–Trinajstić information content (AvgIpc) is 3.09. The largest absolute Gasteiger partial charge is 0.496 e. The molecule has 0 atom stereocenters. The van der Waals surface area contributed by atoms with E-state index in [-0.39, 0.29) is 39.8 Å². The Kier molecular flexibility index (Phi) is 9.82. The highest BCUT2D eigenvalue weighted by molar-refractivity contribution is 6.02. The number of nitrogens with two attached hydrogens (primary N) is 3. The molecule has 0 radical (unpaired) electrons. The molecule has 0 unspecified atom stereocenters. The number of benzene rings is 4. The van der Waals surface area contributed by atoms with Crippen LogP contribution < -0.4 is 36.1 Å². The molecule has 0 bridgehead atoms. The van der Waals surface area contributed by atoms with Crippen LogP contribution in [0, 0.1) is 21.7 Å². The number of methoxy groups -OCH3 is 2.